The zero-order valence-electron chi connectivity index (χ0n) is 73.7. The van der Waals surface area contributed by atoms with Crippen molar-refractivity contribution in [3.8, 4) is 5.88 Å². The summed E-state index contributed by atoms with van der Waals surface area (Å²) in [6.45, 7) is 12.1. The van der Waals surface area contributed by atoms with Gasteiger partial charge in [-0.2, -0.15) is 0 Å². The minimum Gasteiger partial charge on any atom is -0.475 e. The average molecular weight is 2230 g/mol. The number of allylic oxidation sites excluding steroid dienone is 1. The maximum atomic E-state index is 13.5. The first-order valence-corrected chi connectivity index (χ1v) is 49.0. The highest BCUT2D eigenvalue weighted by atomic mass is 79.9. The summed E-state index contributed by atoms with van der Waals surface area (Å²) in [6, 6.07) is 19.4. The van der Waals surface area contributed by atoms with E-state index in [4.69, 9.17) is 102 Å². The number of pyridine rings is 6. The molecule has 0 unspecified atom stereocenters. The van der Waals surface area contributed by atoms with Crippen LogP contribution in [0.5, 0.6) is 5.88 Å². The quantitative estimate of drug-likeness (QED) is 0.0232. The van der Waals surface area contributed by atoms with E-state index in [9.17, 15) is 68.2 Å². The minimum absolute atomic E-state index is 0.00373. The van der Waals surface area contributed by atoms with E-state index >= 15 is 0 Å². The smallest absolute Gasteiger partial charge is 0.267 e. The van der Waals surface area contributed by atoms with Gasteiger partial charge in [-0.3, -0.25) is 24.2 Å². The van der Waals surface area contributed by atoms with Crippen LogP contribution in [0.15, 0.2) is 175 Å². The molecule has 16 heterocycles. The van der Waals surface area contributed by atoms with Crippen LogP contribution in [0.25, 0.3) is 61.2 Å². The Kier molecular flexibility index (Phi) is 39.0. The lowest BCUT2D eigenvalue weighted by molar-refractivity contribution is 0.0973. The third kappa shape index (κ3) is 28.7. The van der Waals surface area contributed by atoms with E-state index in [-0.39, 0.29) is 122 Å². The number of carbonyl (C=O) groups excluding carboxylic acids is 4. The van der Waals surface area contributed by atoms with Gasteiger partial charge in [-0.05, 0) is 140 Å². The number of fused-ring (bicyclic) bond motifs is 7. The maximum absolute atomic E-state index is 13.5. The lowest BCUT2D eigenvalue weighted by Gasteiger charge is -2.36. The Morgan fingerprint density at radius 1 is 0.511 bits per heavy atom. The highest BCUT2D eigenvalue weighted by molar-refractivity contribution is 9.10. The van der Waals surface area contributed by atoms with Crippen LogP contribution in [0, 0.1) is 0 Å². The molecule has 15 aromatic rings. The molecule has 0 saturated carbocycles. The Morgan fingerprint density at radius 3 is 1.33 bits per heavy atom. The number of hydrogen-bond donors (Lipinski definition) is 2. The van der Waals surface area contributed by atoms with Gasteiger partial charge in [0.25, 0.3) is 55.1 Å². The number of nitrogens with one attached hydrogen (secondary N) is 1. The van der Waals surface area contributed by atoms with Gasteiger partial charge in [0, 0.05) is 105 Å². The van der Waals surface area contributed by atoms with Crippen molar-refractivity contribution in [1.29, 1.82) is 0 Å². The van der Waals surface area contributed by atoms with E-state index in [0.717, 1.165) is 57.4 Å². The Balaban J connectivity index is 0.000000161. The van der Waals surface area contributed by atoms with Gasteiger partial charge >= 0.3 is 0 Å². The number of halogens is 20. The van der Waals surface area contributed by atoms with Gasteiger partial charge in [-0.15, -0.1) is 0 Å². The number of nitrogens with zero attached hydrogens (tertiary/aromatic N) is 22. The molecule has 30 nitrogen and oxygen atoms in total. The summed E-state index contributed by atoms with van der Waals surface area (Å²) in [4.78, 5) is 109. The number of aromatic nitrogens is 19. The van der Waals surface area contributed by atoms with E-state index in [2.05, 4.69) is 166 Å². The van der Waals surface area contributed by atoms with E-state index in [1.165, 1.54) is 86.2 Å². The third-order valence-electron chi connectivity index (χ3n) is 20.8. The Morgan fingerprint density at radius 2 is 0.899 bits per heavy atom. The van der Waals surface area contributed by atoms with Gasteiger partial charge in [0.1, 0.15) is 118 Å². The third-order valence-corrected chi connectivity index (χ3v) is 28.4. The summed E-state index contributed by atoms with van der Waals surface area (Å²) in [5, 5.41) is 14.9. The number of carbonyl (C=O) groups is 4. The number of anilines is 4. The SMILES string of the molecule is Brc1cnc2c(c1)C=CC2.CC(C)(C)[Si](C)(C)OCCN(C(=O)c1c(Cl)ncnc1Cl)c1cnc2c(ccn2CC(F)F)c1.CCCNc1cnc2c(ccn2CC(F)F)c1.FC(F)Cn1ccc2cc(Br)cnc21.O=C(Cl)c1c(Cl)ncnc1Cl.O=C(c1c(Cl)ncnc1Cl)N(CCO)c1cnc2c(ccn2CC(F)F)c1.O=C1c2c(Cl)ncnc2OCCN1c1cnc2c(ccn2CC(F)F)c1. The highest BCUT2D eigenvalue weighted by Gasteiger charge is 2.38. The molecule has 2 aliphatic rings. The van der Waals surface area contributed by atoms with E-state index in [0.29, 0.717) is 61.5 Å². The standard InChI is InChI=1S/C22H27Cl2F2N5O2Si.C16H13Cl2F2N5O2.C16H12ClF2N5O2.C12H15F2N3.C9H7BrF2N2.C8H6BrN.C5HCl3N2O/c1-22(2,3)34(4,5)33-9-8-31(21(32)17-18(23)28-13-29-19(17)24)15-10-14-6-7-30(12-16(25)26)20(14)27-11-15;17-13-12(14(18)23-8-22-13)16(27)25(3-4-26)10-5-9-1-2-24(7-11(19)20)15(9)21-6-10;17-13-12-15(22-8-21-13)26-4-3-24(16(12)25)10-5-9-1-2-23(7-11(18)19)14(9)20-6-10;1-2-4-15-10-6-9-3-5-17(8-11(13)14)12(9)16-7-10;10-7-3-6-1-2-14(5-8(11)12)9(6)13-4-7;9-7-4-6-2-1-3-8(6)10-5-7;6-3-2(5(8)11)4(7)10-1-9-3/h6-7,10-11,13,16H,8-9,12H2,1-5H3;1-2,5-6,8,11,26H,3-4,7H2;1-2,5-6,8,11H,3-4,7H2;3,5-7,11,15H,2,4,8H2,1H3;1-4,8H,5H2;1-2,4-5H,3H2;1H. The van der Waals surface area contributed by atoms with Crippen molar-refractivity contribution in [2.75, 3.05) is 66.0 Å². The second kappa shape index (κ2) is 49.9. The first-order chi connectivity index (χ1) is 66.1. The van der Waals surface area contributed by atoms with E-state index in [1.54, 1.807) is 79.6 Å². The van der Waals surface area contributed by atoms with Crippen LogP contribution < -0.4 is 24.8 Å². The van der Waals surface area contributed by atoms with Gasteiger partial charge in [-0.25, -0.2) is 109 Å². The molecular formula is C88H81Br2Cl8F10N23O7Si. The van der Waals surface area contributed by atoms with Crippen molar-refractivity contribution >= 4 is 240 Å². The van der Waals surface area contributed by atoms with Gasteiger partial charge in [0.05, 0.1) is 106 Å². The number of alkyl halides is 10. The molecule has 1 aliphatic carbocycles. The molecule has 1 aliphatic heterocycles. The summed E-state index contributed by atoms with van der Waals surface area (Å²) in [6.07, 6.45) is 15.9. The molecule has 15 aromatic heterocycles. The molecular weight excluding hydrogens is 2150 g/mol. The lowest BCUT2D eigenvalue weighted by Crippen LogP contribution is -2.43. The van der Waals surface area contributed by atoms with Gasteiger partial charge < -0.3 is 57.1 Å². The summed E-state index contributed by atoms with van der Waals surface area (Å²) in [5.41, 5.74) is 6.91. The van der Waals surface area contributed by atoms with Crippen molar-refractivity contribution < 1.29 is 77.4 Å². The second-order valence-corrected chi connectivity index (χ2v) is 40.7. The molecule has 0 atom stereocenters. The molecule has 17 rings (SSSR count). The summed E-state index contributed by atoms with van der Waals surface area (Å²) in [5.74, 6) is -1.40. The molecule has 51 heteroatoms. The summed E-state index contributed by atoms with van der Waals surface area (Å²) < 4.78 is 146. The number of aliphatic hydroxyl groups is 1. The fourth-order valence-electron chi connectivity index (χ4n) is 13.3. The maximum Gasteiger partial charge on any atom is 0.267 e. The molecule has 0 aromatic carbocycles. The highest BCUT2D eigenvalue weighted by Crippen LogP contribution is 2.38. The van der Waals surface area contributed by atoms with Crippen LogP contribution in [0.3, 0.4) is 0 Å². The van der Waals surface area contributed by atoms with Crippen LogP contribution >= 0.6 is 125 Å². The van der Waals surface area contributed by atoms with Crippen molar-refractivity contribution in [2.24, 2.45) is 0 Å². The number of ether oxygens (including phenoxy) is 1. The first kappa shape index (κ1) is 108. The topological polar surface area (TPSA) is 334 Å². The van der Waals surface area contributed by atoms with Crippen molar-refractivity contribution in [2.45, 2.75) is 124 Å². The Labute approximate surface area is 843 Å². The van der Waals surface area contributed by atoms with Crippen LogP contribution in [0.2, 0.25) is 54.2 Å². The van der Waals surface area contributed by atoms with Crippen molar-refractivity contribution in [3.63, 3.8) is 0 Å². The number of rotatable bonds is 25. The lowest BCUT2D eigenvalue weighted by atomic mass is 10.2. The molecule has 0 spiro atoms. The van der Waals surface area contributed by atoms with Crippen LogP contribution in [-0.4, -0.2) is 207 Å². The first-order valence-electron chi connectivity index (χ1n) is 41.5. The molecule has 0 bridgehead atoms. The zero-order chi connectivity index (χ0) is 101. The van der Waals surface area contributed by atoms with E-state index in [1.807, 2.05) is 24.4 Å². The average Bonchev–Trinajstić information content (AvgIpc) is 1.70. The van der Waals surface area contributed by atoms with Gasteiger partial charge in [0.15, 0.2) is 8.32 Å². The van der Waals surface area contributed by atoms with Gasteiger partial charge in [-0.1, -0.05) is 121 Å². The van der Waals surface area contributed by atoms with Crippen LogP contribution in [-0.2, 0) is 43.6 Å². The fraction of sp³-hybridized carbons (Fsp3) is 0.295. The second-order valence-electron chi connectivity index (χ2n) is 31.2. The molecule has 0 fully saturated rings. The zero-order valence-corrected chi connectivity index (χ0v) is 84.0. The molecule has 2 N–H and O–H groups in total. The molecule has 3 amide bonds. The fourth-order valence-corrected chi connectivity index (χ4v) is 16.9. The predicted molar refractivity (Wildman–Crippen MR) is 524 cm³/mol. The monoisotopic (exact) mass is 2230 g/mol. The molecule has 139 heavy (non-hydrogen) atoms. The Bertz CT molecular complexity index is 6810. The number of amides is 3. The van der Waals surface area contributed by atoms with E-state index < -0.39 is 83.0 Å². The molecule has 734 valence electrons. The molecule has 0 radical (unpaired) electrons. The van der Waals surface area contributed by atoms with Crippen LogP contribution in [0.1, 0.15) is 86.8 Å². The van der Waals surface area contributed by atoms with Gasteiger partial charge in [0.2, 0.25) is 5.88 Å². The normalized spacial score (nSPS) is 12.3. The number of hydrogen-bond acceptors (Lipinski definition) is 22. The summed E-state index contributed by atoms with van der Waals surface area (Å²) in [7, 11) is -2.07. The van der Waals surface area contributed by atoms with Crippen LogP contribution in [0.4, 0.5) is 66.7 Å². The van der Waals surface area contributed by atoms with Crippen molar-refractivity contribution in [1.82, 2.24) is 92.6 Å². The van der Waals surface area contributed by atoms with Crippen molar-refractivity contribution in [3.05, 3.63) is 245 Å². The largest absolute Gasteiger partial charge is 0.475 e. The Hall–Kier alpha value is -10.9. The molecule has 0 saturated heterocycles. The minimum atomic E-state index is -2.52. The number of aliphatic hydroxyl groups excluding tert-OH is 1. The predicted octanol–water partition coefficient (Wildman–Crippen LogP) is 22.7. The summed E-state index contributed by atoms with van der Waals surface area (Å²) >= 11 is 53.1.